The summed E-state index contributed by atoms with van der Waals surface area (Å²) in [5.41, 5.74) is 0.762. The molecule has 0 saturated carbocycles. The average Bonchev–Trinajstić information content (AvgIpc) is 2.98. The van der Waals surface area contributed by atoms with Gasteiger partial charge in [0.05, 0.1) is 23.7 Å². The molecule has 0 aliphatic carbocycles. The minimum atomic E-state index is -0.207. The van der Waals surface area contributed by atoms with E-state index < -0.39 is 0 Å². The second-order valence-corrected chi connectivity index (χ2v) is 8.50. The van der Waals surface area contributed by atoms with Crippen molar-refractivity contribution in [2.75, 3.05) is 31.2 Å². The Morgan fingerprint density at radius 2 is 2.00 bits per heavy atom. The molecule has 0 aromatic carbocycles. The molecule has 2 fully saturated rings. The van der Waals surface area contributed by atoms with Crippen LogP contribution in [0.15, 0.2) is 34.1 Å². The van der Waals surface area contributed by atoms with Gasteiger partial charge in [-0.05, 0) is 32.1 Å². The van der Waals surface area contributed by atoms with Crippen LogP contribution in [0.25, 0.3) is 11.7 Å². The van der Waals surface area contributed by atoms with Crippen molar-refractivity contribution < 1.29 is 9.53 Å². The number of aromatic nitrogens is 2. The third-order valence-electron chi connectivity index (χ3n) is 4.67. The van der Waals surface area contributed by atoms with Gasteiger partial charge in [0.2, 0.25) is 0 Å². The molecule has 0 spiro atoms. The van der Waals surface area contributed by atoms with Crippen LogP contribution < -0.4 is 10.5 Å². The number of pyridine rings is 1. The number of rotatable bonds is 3. The molecule has 28 heavy (non-hydrogen) atoms. The molecule has 0 atom stereocenters. The first-order chi connectivity index (χ1) is 13.5. The zero-order valence-electron chi connectivity index (χ0n) is 15.6. The van der Waals surface area contributed by atoms with Crippen LogP contribution in [0.3, 0.4) is 0 Å². The van der Waals surface area contributed by atoms with Gasteiger partial charge in [-0.2, -0.15) is 0 Å². The molecule has 2 aliphatic rings. The number of hydrogen-bond acceptors (Lipinski definition) is 7. The van der Waals surface area contributed by atoms with Gasteiger partial charge in [-0.15, -0.1) is 0 Å². The van der Waals surface area contributed by atoms with Crippen LogP contribution in [-0.4, -0.2) is 56.9 Å². The lowest BCUT2D eigenvalue weighted by atomic mass is 10.2. The Morgan fingerprint density at radius 1 is 1.25 bits per heavy atom. The molecule has 146 valence electrons. The number of morpholine rings is 1. The van der Waals surface area contributed by atoms with Gasteiger partial charge in [0.1, 0.15) is 15.8 Å². The summed E-state index contributed by atoms with van der Waals surface area (Å²) in [5.74, 6) is 0.407. The largest absolute Gasteiger partial charge is 0.378 e. The van der Waals surface area contributed by atoms with E-state index in [1.807, 2.05) is 24.8 Å². The number of thioether (sulfide) groups is 1. The predicted octanol–water partition coefficient (Wildman–Crippen LogP) is 2.14. The van der Waals surface area contributed by atoms with Crippen molar-refractivity contribution in [3.8, 4) is 0 Å². The molecule has 0 N–H and O–H groups in total. The van der Waals surface area contributed by atoms with Crippen molar-refractivity contribution in [3.63, 3.8) is 0 Å². The zero-order valence-corrected chi connectivity index (χ0v) is 17.3. The molecule has 0 bridgehead atoms. The summed E-state index contributed by atoms with van der Waals surface area (Å²) < 4.78 is 7.44. The number of fused-ring (bicyclic) bond motifs is 1. The Balaban J connectivity index is 1.88. The van der Waals surface area contributed by atoms with Gasteiger partial charge in [0, 0.05) is 25.3 Å². The van der Waals surface area contributed by atoms with Crippen molar-refractivity contribution >= 4 is 51.7 Å². The standard InChI is InChI=1S/C19H20N4O3S2/c1-12(2)23-18(25)14(28-19(23)27)11-13-16(21-7-9-26-10-8-21)20-15-5-3-4-6-22(15)17(13)24/h3-6,11-12H,7-10H2,1-2H3/b14-11-. The van der Waals surface area contributed by atoms with E-state index in [-0.39, 0.29) is 17.5 Å². The molecule has 7 nitrogen and oxygen atoms in total. The zero-order chi connectivity index (χ0) is 19.8. The van der Waals surface area contributed by atoms with E-state index in [0.717, 1.165) is 0 Å². The second-order valence-electron chi connectivity index (χ2n) is 6.83. The highest BCUT2D eigenvalue weighted by atomic mass is 32.2. The van der Waals surface area contributed by atoms with Gasteiger partial charge in [0.15, 0.2) is 0 Å². The topological polar surface area (TPSA) is 67.2 Å². The summed E-state index contributed by atoms with van der Waals surface area (Å²) in [4.78, 5) is 34.8. The Hall–Kier alpha value is -2.23. The number of amides is 1. The van der Waals surface area contributed by atoms with Gasteiger partial charge >= 0.3 is 0 Å². The van der Waals surface area contributed by atoms with E-state index in [1.54, 1.807) is 29.3 Å². The highest BCUT2D eigenvalue weighted by molar-refractivity contribution is 8.26. The molecule has 4 rings (SSSR count). The van der Waals surface area contributed by atoms with Crippen LogP contribution in [0, 0.1) is 0 Å². The number of thiocarbonyl (C=S) groups is 1. The first-order valence-electron chi connectivity index (χ1n) is 9.08. The lowest BCUT2D eigenvalue weighted by molar-refractivity contribution is -0.123. The maximum Gasteiger partial charge on any atom is 0.267 e. The fraction of sp³-hybridized carbons (Fsp3) is 0.368. The van der Waals surface area contributed by atoms with E-state index >= 15 is 0 Å². The molecule has 2 aromatic heterocycles. The molecular weight excluding hydrogens is 396 g/mol. The van der Waals surface area contributed by atoms with Crippen LogP contribution in [0.1, 0.15) is 19.4 Å². The fourth-order valence-corrected chi connectivity index (χ4v) is 4.80. The summed E-state index contributed by atoms with van der Waals surface area (Å²) in [7, 11) is 0. The molecule has 9 heteroatoms. The quantitative estimate of drug-likeness (QED) is 0.561. The van der Waals surface area contributed by atoms with Crippen molar-refractivity contribution in [1.82, 2.24) is 14.3 Å². The van der Waals surface area contributed by atoms with Crippen LogP contribution in [0.4, 0.5) is 5.82 Å². The number of carbonyl (C=O) groups is 1. The molecule has 1 amide bonds. The van der Waals surface area contributed by atoms with Crippen LogP contribution in [0.5, 0.6) is 0 Å². The number of carbonyl (C=O) groups excluding carboxylic acids is 1. The van der Waals surface area contributed by atoms with Crippen LogP contribution in [-0.2, 0) is 9.53 Å². The number of ether oxygens (including phenoxy) is 1. The molecule has 2 aliphatic heterocycles. The van der Waals surface area contributed by atoms with Gasteiger partial charge in [-0.3, -0.25) is 18.9 Å². The van der Waals surface area contributed by atoms with Gasteiger partial charge in [-0.25, -0.2) is 4.98 Å². The number of anilines is 1. The summed E-state index contributed by atoms with van der Waals surface area (Å²) in [6.07, 6.45) is 3.33. The molecule has 4 heterocycles. The SMILES string of the molecule is CC(C)N1C(=O)/C(=C/c2c(N3CCOCC3)nc3ccccn3c2=O)SC1=S. The monoisotopic (exact) mass is 416 g/mol. The fourth-order valence-electron chi connectivity index (χ4n) is 3.29. The summed E-state index contributed by atoms with van der Waals surface area (Å²) >= 11 is 6.58. The van der Waals surface area contributed by atoms with E-state index in [2.05, 4.69) is 0 Å². The number of nitrogens with zero attached hydrogens (tertiary/aromatic N) is 4. The summed E-state index contributed by atoms with van der Waals surface area (Å²) in [6, 6.07) is 5.39. The molecule has 2 saturated heterocycles. The highest BCUT2D eigenvalue weighted by Crippen LogP contribution is 2.34. The Labute approximate surface area is 172 Å². The third kappa shape index (κ3) is 3.34. The Kier molecular flexibility index (Phi) is 5.22. The van der Waals surface area contributed by atoms with E-state index in [1.165, 1.54) is 16.2 Å². The second kappa shape index (κ2) is 7.65. The summed E-state index contributed by atoms with van der Waals surface area (Å²) in [5, 5.41) is 0. The first-order valence-corrected chi connectivity index (χ1v) is 10.3. The molecule has 2 aromatic rings. The summed E-state index contributed by atoms with van der Waals surface area (Å²) in [6.45, 7) is 6.26. The smallest absolute Gasteiger partial charge is 0.267 e. The van der Waals surface area contributed by atoms with Gasteiger partial charge in [0.25, 0.3) is 11.5 Å². The minimum Gasteiger partial charge on any atom is -0.378 e. The first kappa shape index (κ1) is 19.1. The maximum absolute atomic E-state index is 13.2. The maximum atomic E-state index is 13.2. The third-order valence-corrected chi connectivity index (χ3v) is 6.01. The Morgan fingerprint density at radius 3 is 2.68 bits per heavy atom. The normalized spacial score (nSPS) is 19.5. The van der Waals surface area contributed by atoms with Crippen molar-refractivity contribution in [2.45, 2.75) is 19.9 Å². The Bertz CT molecular complexity index is 1040. The van der Waals surface area contributed by atoms with Crippen LogP contribution >= 0.6 is 24.0 Å². The predicted molar refractivity (Wildman–Crippen MR) is 115 cm³/mol. The lowest BCUT2D eigenvalue weighted by Gasteiger charge is -2.29. The van der Waals surface area contributed by atoms with Crippen LogP contribution in [0.2, 0.25) is 0 Å². The van der Waals surface area contributed by atoms with Gasteiger partial charge < -0.3 is 9.64 Å². The molecule has 0 unspecified atom stereocenters. The lowest BCUT2D eigenvalue weighted by Crippen LogP contribution is -2.38. The van der Waals surface area contributed by atoms with Gasteiger partial charge in [-0.1, -0.05) is 30.0 Å². The van der Waals surface area contributed by atoms with Crippen molar-refractivity contribution in [1.29, 1.82) is 0 Å². The number of hydrogen-bond donors (Lipinski definition) is 0. The van der Waals surface area contributed by atoms with Crippen molar-refractivity contribution in [3.05, 3.63) is 45.2 Å². The average molecular weight is 417 g/mol. The van der Waals surface area contributed by atoms with E-state index in [0.29, 0.717) is 52.6 Å². The van der Waals surface area contributed by atoms with E-state index in [4.69, 9.17) is 21.9 Å². The van der Waals surface area contributed by atoms with E-state index in [9.17, 15) is 9.59 Å². The molecule has 0 radical (unpaired) electrons. The molecular formula is C19H20N4O3S2. The van der Waals surface area contributed by atoms with Crippen molar-refractivity contribution in [2.24, 2.45) is 0 Å². The minimum absolute atomic E-state index is 0.0343. The highest BCUT2D eigenvalue weighted by Gasteiger charge is 2.34.